The van der Waals surface area contributed by atoms with Gasteiger partial charge < -0.3 is 13.9 Å². The number of aromatic nitrogens is 1. The van der Waals surface area contributed by atoms with Crippen LogP contribution in [0.25, 0.3) is 105 Å². The molecule has 11 aromatic carbocycles. The van der Waals surface area contributed by atoms with E-state index >= 15 is 0 Å². The van der Waals surface area contributed by atoms with Gasteiger partial charge in [0.2, 0.25) is 0 Å². The third-order valence-electron chi connectivity index (χ3n) is 13.6. The summed E-state index contributed by atoms with van der Waals surface area (Å²) in [7, 11) is 0. The number of para-hydroxylation sites is 3. The monoisotopic (exact) mass is 880 g/mol. The number of furan rings is 1. The van der Waals surface area contributed by atoms with Crippen molar-refractivity contribution in [2.75, 3.05) is 4.90 Å². The molecule has 2 heterocycles. The summed E-state index contributed by atoms with van der Waals surface area (Å²) < 4.78 is 8.72. The standard InChI is InChI=1S/C66H44N2O/c1-2-16-46(17-3-1)56-24-4-5-25-57(56)47-36-40-53(41-37-47)67(54-22-14-21-51(44-54)58-29-15-33-65-66(58)61-28-8-11-32-64(61)69-65)52-38-34-45(35-39-52)48-18-12-19-49(42-48)50-20-13-23-55(43-50)68-62-30-9-6-26-59(62)60-27-7-10-31-63(60)68/h1-44H. The third kappa shape index (κ3) is 7.16. The lowest BCUT2D eigenvalue weighted by Gasteiger charge is -2.26. The van der Waals surface area contributed by atoms with E-state index in [0.717, 1.165) is 66.9 Å². The van der Waals surface area contributed by atoms with Gasteiger partial charge in [-0.3, -0.25) is 0 Å². The molecule has 0 bridgehead atoms. The van der Waals surface area contributed by atoms with E-state index < -0.39 is 0 Å². The minimum atomic E-state index is 0.887. The Kier molecular flexibility index (Phi) is 9.84. The zero-order chi connectivity index (χ0) is 45.7. The summed E-state index contributed by atoms with van der Waals surface area (Å²) in [6.45, 7) is 0. The Balaban J connectivity index is 0.880. The number of hydrogen-bond acceptors (Lipinski definition) is 2. The quantitative estimate of drug-likeness (QED) is 0.144. The molecule has 69 heavy (non-hydrogen) atoms. The summed E-state index contributed by atoms with van der Waals surface area (Å²) in [6.07, 6.45) is 0. The van der Waals surface area contributed by atoms with E-state index in [2.05, 4.69) is 264 Å². The van der Waals surface area contributed by atoms with Crippen LogP contribution in [0.15, 0.2) is 271 Å². The molecule has 2 aromatic heterocycles. The molecule has 0 fully saturated rings. The number of fused-ring (bicyclic) bond motifs is 6. The first kappa shape index (κ1) is 40.1. The summed E-state index contributed by atoms with van der Waals surface area (Å²) in [6, 6.07) is 96.1. The van der Waals surface area contributed by atoms with Gasteiger partial charge >= 0.3 is 0 Å². The van der Waals surface area contributed by atoms with Crippen molar-refractivity contribution in [3.8, 4) is 61.3 Å². The van der Waals surface area contributed by atoms with Crippen molar-refractivity contribution in [2.24, 2.45) is 0 Å². The van der Waals surface area contributed by atoms with Crippen molar-refractivity contribution < 1.29 is 4.42 Å². The van der Waals surface area contributed by atoms with Gasteiger partial charge in [-0.25, -0.2) is 0 Å². The van der Waals surface area contributed by atoms with Gasteiger partial charge in [0, 0.05) is 44.3 Å². The SMILES string of the molecule is c1ccc(-c2ccccc2-c2ccc(N(c3ccc(-c4cccc(-c5cccc(-n6c7ccccc7c7ccccc76)c5)c4)cc3)c3cccc(-c4cccc5oc6ccccc6c45)c3)cc2)cc1. The lowest BCUT2D eigenvalue weighted by molar-refractivity contribution is 0.669. The highest BCUT2D eigenvalue weighted by Gasteiger charge is 2.18. The second kappa shape index (κ2) is 16.9. The molecule has 13 aromatic rings. The molecule has 0 N–H and O–H groups in total. The molecule has 0 aliphatic heterocycles. The van der Waals surface area contributed by atoms with Crippen LogP contribution in [0.2, 0.25) is 0 Å². The highest BCUT2D eigenvalue weighted by molar-refractivity contribution is 6.13. The van der Waals surface area contributed by atoms with Crippen molar-refractivity contribution in [3.63, 3.8) is 0 Å². The average Bonchev–Trinajstić information content (AvgIpc) is 3.98. The Hall–Kier alpha value is -9.18. The Morgan fingerprint density at radius 2 is 0.754 bits per heavy atom. The van der Waals surface area contributed by atoms with Crippen LogP contribution < -0.4 is 4.90 Å². The van der Waals surface area contributed by atoms with Gasteiger partial charge in [0.15, 0.2) is 0 Å². The van der Waals surface area contributed by atoms with E-state index in [1.165, 1.54) is 55.2 Å². The third-order valence-corrected chi connectivity index (χ3v) is 13.6. The number of hydrogen-bond donors (Lipinski definition) is 0. The molecular formula is C66H44N2O. The zero-order valence-corrected chi connectivity index (χ0v) is 37.7. The molecule has 324 valence electrons. The van der Waals surface area contributed by atoms with Crippen LogP contribution in [-0.4, -0.2) is 4.57 Å². The molecule has 0 atom stereocenters. The van der Waals surface area contributed by atoms with Crippen LogP contribution in [0, 0.1) is 0 Å². The first-order valence-corrected chi connectivity index (χ1v) is 23.6. The van der Waals surface area contributed by atoms with Crippen LogP contribution in [0.1, 0.15) is 0 Å². The molecule has 0 unspecified atom stereocenters. The van der Waals surface area contributed by atoms with Crippen molar-refractivity contribution in [1.82, 2.24) is 4.57 Å². The molecule has 0 spiro atoms. The van der Waals surface area contributed by atoms with E-state index in [1.54, 1.807) is 0 Å². The van der Waals surface area contributed by atoms with Gasteiger partial charge in [-0.05, 0) is 134 Å². The second-order valence-electron chi connectivity index (χ2n) is 17.7. The van der Waals surface area contributed by atoms with Gasteiger partial charge in [-0.2, -0.15) is 0 Å². The zero-order valence-electron chi connectivity index (χ0n) is 37.7. The van der Waals surface area contributed by atoms with Crippen LogP contribution in [0.4, 0.5) is 17.1 Å². The molecule has 0 aliphatic rings. The summed E-state index contributed by atoms with van der Waals surface area (Å²) >= 11 is 0. The molecule has 3 heteroatoms. The van der Waals surface area contributed by atoms with Crippen LogP contribution in [0.5, 0.6) is 0 Å². The van der Waals surface area contributed by atoms with Gasteiger partial charge in [0.05, 0.1) is 11.0 Å². The molecule has 3 nitrogen and oxygen atoms in total. The van der Waals surface area contributed by atoms with E-state index in [1.807, 2.05) is 12.1 Å². The first-order valence-electron chi connectivity index (χ1n) is 23.6. The van der Waals surface area contributed by atoms with E-state index in [0.29, 0.717) is 0 Å². The van der Waals surface area contributed by atoms with E-state index in [9.17, 15) is 0 Å². The van der Waals surface area contributed by atoms with Gasteiger partial charge in [0.25, 0.3) is 0 Å². The Labute approximate surface area is 401 Å². The average molecular weight is 881 g/mol. The maximum atomic E-state index is 6.33. The number of benzene rings is 11. The summed E-state index contributed by atoms with van der Waals surface area (Å²) in [5.41, 5.74) is 20.3. The number of nitrogens with zero attached hydrogens (tertiary/aromatic N) is 2. The number of rotatable bonds is 9. The largest absolute Gasteiger partial charge is 0.456 e. The molecule has 0 amide bonds. The smallest absolute Gasteiger partial charge is 0.136 e. The minimum Gasteiger partial charge on any atom is -0.456 e. The fourth-order valence-corrected chi connectivity index (χ4v) is 10.4. The highest BCUT2D eigenvalue weighted by Crippen LogP contribution is 2.43. The summed E-state index contributed by atoms with van der Waals surface area (Å²) in [4.78, 5) is 2.37. The molecule has 0 aliphatic carbocycles. The van der Waals surface area contributed by atoms with E-state index in [4.69, 9.17) is 4.42 Å². The number of anilines is 3. The van der Waals surface area contributed by atoms with Crippen molar-refractivity contribution in [2.45, 2.75) is 0 Å². The molecule has 0 saturated heterocycles. The minimum absolute atomic E-state index is 0.887. The van der Waals surface area contributed by atoms with Crippen molar-refractivity contribution >= 4 is 60.8 Å². The maximum Gasteiger partial charge on any atom is 0.136 e. The summed E-state index contributed by atoms with van der Waals surface area (Å²) in [5, 5.41) is 4.77. The van der Waals surface area contributed by atoms with Crippen molar-refractivity contribution in [3.05, 3.63) is 267 Å². The Morgan fingerprint density at radius 3 is 1.46 bits per heavy atom. The molecule has 0 saturated carbocycles. The second-order valence-corrected chi connectivity index (χ2v) is 17.7. The predicted molar refractivity (Wildman–Crippen MR) is 290 cm³/mol. The normalized spacial score (nSPS) is 11.5. The van der Waals surface area contributed by atoms with Crippen LogP contribution in [0.3, 0.4) is 0 Å². The summed E-state index contributed by atoms with van der Waals surface area (Å²) in [5.74, 6) is 0. The maximum absolute atomic E-state index is 6.33. The lowest BCUT2D eigenvalue weighted by Crippen LogP contribution is -2.10. The van der Waals surface area contributed by atoms with Crippen LogP contribution >= 0.6 is 0 Å². The van der Waals surface area contributed by atoms with Gasteiger partial charge in [-0.1, -0.05) is 188 Å². The topological polar surface area (TPSA) is 21.3 Å². The molecular weight excluding hydrogens is 837 g/mol. The molecule has 13 rings (SSSR count). The predicted octanol–water partition coefficient (Wildman–Crippen LogP) is 18.5. The van der Waals surface area contributed by atoms with Crippen molar-refractivity contribution in [1.29, 1.82) is 0 Å². The lowest BCUT2D eigenvalue weighted by atomic mass is 9.94. The fraction of sp³-hybridized carbons (Fsp3) is 0. The molecule has 0 radical (unpaired) electrons. The Morgan fingerprint density at radius 1 is 0.275 bits per heavy atom. The highest BCUT2D eigenvalue weighted by atomic mass is 16.3. The van der Waals surface area contributed by atoms with E-state index in [-0.39, 0.29) is 0 Å². The fourth-order valence-electron chi connectivity index (χ4n) is 10.4. The first-order chi connectivity index (χ1) is 34.2. The van der Waals surface area contributed by atoms with Crippen LogP contribution in [-0.2, 0) is 0 Å². The van der Waals surface area contributed by atoms with Gasteiger partial charge in [-0.15, -0.1) is 0 Å². The van der Waals surface area contributed by atoms with Gasteiger partial charge in [0.1, 0.15) is 11.2 Å². The Bertz CT molecular complexity index is 3960.